The maximum Gasteiger partial charge on any atom is 2.00 e. The standard InChI is InChI=1S/2C5H6O3S.Ca.2H2O/c2*1-3(6)2-4(7)5(8)9;;;/h2*2H2,1H3,(H,8,9);;2*1H2/q;;+2;;/p-2. The van der Waals surface area contributed by atoms with Crippen LogP contribution in [0.4, 0.5) is 0 Å². The Labute approximate surface area is 161 Å². The Bertz CT molecular complexity index is 370. The number of carbonyl (C=O) groups excluding carboxylic acids is 6. The fraction of sp³-hybridized carbons (Fsp3) is 0.400. The zero-order valence-corrected chi connectivity index (χ0v) is 15.2. The summed E-state index contributed by atoms with van der Waals surface area (Å²) in [5.41, 5.74) is 0. The summed E-state index contributed by atoms with van der Waals surface area (Å²) >= 11 is 7.96. The first kappa shape index (κ1) is 32.5. The Morgan fingerprint density at radius 3 is 0.905 bits per heavy atom. The van der Waals surface area contributed by atoms with Crippen LogP contribution >= 0.6 is 0 Å². The smallest absolute Gasteiger partial charge is 0.734 e. The third kappa shape index (κ3) is 25.0. The van der Waals surface area contributed by atoms with Crippen LogP contribution in [0.25, 0.3) is 0 Å². The summed E-state index contributed by atoms with van der Waals surface area (Å²) in [6, 6.07) is 0. The van der Waals surface area contributed by atoms with Crippen molar-refractivity contribution in [2.75, 3.05) is 0 Å². The number of hydrogen-bond donors (Lipinski definition) is 0. The minimum atomic E-state index is -0.967. The van der Waals surface area contributed by atoms with E-state index < -0.39 is 21.8 Å². The SMILES string of the molecule is CC(=O)CC(=O)C(=O)[S-].CC(=O)CC(=O)C(=O)[S-].O.O.[Ca+2]. The van der Waals surface area contributed by atoms with Gasteiger partial charge in [0.2, 0.25) is 0 Å². The van der Waals surface area contributed by atoms with E-state index in [2.05, 4.69) is 25.3 Å². The minimum absolute atomic E-state index is 0. The summed E-state index contributed by atoms with van der Waals surface area (Å²) in [6.07, 6.45) is -0.718. The summed E-state index contributed by atoms with van der Waals surface area (Å²) in [6.45, 7) is 2.46. The van der Waals surface area contributed by atoms with Crippen LogP contribution in [0.5, 0.6) is 0 Å². The number of rotatable bonds is 6. The summed E-state index contributed by atoms with van der Waals surface area (Å²) in [7, 11) is 0. The van der Waals surface area contributed by atoms with Crippen molar-refractivity contribution in [1.82, 2.24) is 0 Å². The van der Waals surface area contributed by atoms with Gasteiger partial charge in [0.05, 0.1) is 23.1 Å². The maximum absolute atomic E-state index is 10.3. The topological polar surface area (TPSA) is 165 Å². The van der Waals surface area contributed by atoms with Crippen molar-refractivity contribution in [2.45, 2.75) is 26.7 Å². The van der Waals surface area contributed by atoms with Crippen LogP contribution < -0.4 is 0 Å². The molecule has 0 spiro atoms. The second kappa shape index (κ2) is 17.7. The molecule has 0 aromatic heterocycles. The predicted molar refractivity (Wildman–Crippen MR) is 78.3 cm³/mol. The Morgan fingerprint density at radius 1 is 0.667 bits per heavy atom. The van der Waals surface area contributed by atoms with Crippen LogP contribution in [-0.2, 0) is 54.0 Å². The number of Topliss-reactive ketones (excluding diaryl/α,β-unsaturated/α-hetero) is 4. The third-order valence-corrected chi connectivity index (χ3v) is 1.73. The van der Waals surface area contributed by atoms with Crippen LogP contribution in [0.3, 0.4) is 0 Å². The van der Waals surface area contributed by atoms with Crippen LogP contribution in [0.1, 0.15) is 26.7 Å². The Balaban J connectivity index is -0.0000000711. The van der Waals surface area contributed by atoms with Crippen molar-refractivity contribution in [3.05, 3.63) is 0 Å². The van der Waals surface area contributed by atoms with Gasteiger partial charge in [0.15, 0.2) is 11.6 Å². The number of carbonyl (C=O) groups is 6. The Hall–Kier alpha value is -0.360. The molecule has 0 atom stereocenters. The van der Waals surface area contributed by atoms with Gasteiger partial charge >= 0.3 is 37.7 Å². The Morgan fingerprint density at radius 2 is 0.857 bits per heavy atom. The molecule has 0 heterocycles. The largest absolute Gasteiger partial charge is 2.00 e. The third-order valence-electron chi connectivity index (χ3n) is 1.27. The molecule has 0 aromatic rings. The van der Waals surface area contributed by atoms with Crippen LogP contribution in [0, 0.1) is 0 Å². The predicted octanol–water partition coefficient (Wildman–Crippen LogP) is -2.81. The van der Waals surface area contributed by atoms with Gasteiger partial charge in [-0.25, -0.2) is 0 Å². The van der Waals surface area contributed by atoms with Crippen molar-refractivity contribution in [3.8, 4) is 0 Å². The van der Waals surface area contributed by atoms with Crippen molar-refractivity contribution in [3.63, 3.8) is 0 Å². The van der Waals surface area contributed by atoms with Crippen molar-refractivity contribution in [2.24, 2.45) is 0 Å². The normalized spacial score (nSPS) is 7.33. The molecule has 0 unspecified atom stereocenters. The fourth-order valence-electron chi connectivity index (χ4n) is 0.597. The molecule has 0 rings (SSSR count). The molecule has 0 saturated heterocycles. The molecular formula is C10H14CaO8S2. The summed E-state index contributed by atoms with van der Waals surface area (Å²) in [5, 5.41) is -1.93. The van der Waals surface area contributed by atoms with E-state index in [4.69, 9.17) is 0 Å². The molecule has 0 fully saturated rings. The molecule has 0 bridgehead atoms. The molecule has 4 N–H and O–H groups in total. The Kier molecular flexibility index (Phi) is 27.4. The molecule has 0 radical (unpaired) electrons. The van der Waals surface area contributed by atoms with Crippen molar-refractivity contribution >= 4 is 96.4 Å². The van der Waals surface area contributed by atoms with Crippen LogP contribution in [0.2, 0.25) is 0 Å². The zero-order chi connectivity index (χ0) is 14.9. The quantitative estimate of drug-likeness (QED) is 0.210. The molecule has 0 amide bonds. The molecule has 11 heteroatoms. The molecule has 21 heavy (non-hydrogen) atoms. The first-order valence-corrected chi connectivity index (χ1v) is 5.36. The van der Waals surface area contributed by atoms with Crippen molar-refractivity contribution < 1.29 is 39.7 Å². The van der Waals surface area contributed by atoms with Crippen LogP contribution in [0.15, 0.2) is 0 Å². The monoisotopic (exact) mass is 366 g/mol. The van der Waals surface area contributed by atoms with E-state index in [1.54, 1.807) is 0 Å². The van der Waals surface area contributed by atoms with E-state index in [0.29, 0.717) is 0 Å². The van der Waals surface area contributed by atoms with Gasteiger partial charge in [0.1, 0.15) is 11.6 Å². The van der Waals surface area contributed by atoms with E-state index in [1.165, 1.54) is 13.8 Å². The molecule has 0 aliphatic rings. The minimum Gasteiger partial charge on any atom is -0.734 e. The molecule has 0 aliphatic carbocycles. The molecule has 0 saturated carbocycles. The average molecular weight is 366 g/mol. The summed E-state index contributed by atoms with van der Waals surface area (Å²) < 4.78 is 0. The van der Waals surface area contributed by atoms with Gasteiger partial charge in [-0.15, -0.1) is 0 Å². The van der Waals surface area contributed by atoms with Gasteiger partial charge in [-0.3, -0.25) is 19.2 Å². The average Bonchev–Trinajstić information content (AvgIpc) is 2.16. The van der Waals surface area contributed by atoms with E-state index in [1.807, 2.05) is 0 Å². The summed E-state index contributed by atoms with van der Waals surface area (Å²) in [5.74, 6) is -2.26. The van der Waals surface area contributed by atoms with Gasteiger partial charge in [-0.1, -0.05) is 0 Å². The second-order valence-electron chi connectivity index (χ2n) is 3.18. The van der Waals surface area contributed by atoms with E-state index >= 15 is 0 Å². The first-order chi connectivity index (χ1) is 8.07. The van der Waals surface area contributed by atoms with Gasteiger partial charge in [-0.05, 0) is 13.8 Å². The molecule has 0 aromatic carbocycles. The zero-order valence-electron chi connectivity index (χ0n) is 11.4. The second-order valence-corrected chi connectivity index (χ2v) is 3.92. The fourth-order valence-corrected chi connectivity index (χ4v) is 0.741. The first-order valence-electron chi connectivity index (χ1n) is 4.55. The van der Waals surface area contributed by atoms with Crippen molar-refractivity contribution in [1.29, 1.82) is 0 Å². The maximum atomic E-state index is 10.3. The van der Waals surface area contributed by atoms with Crippen LogP contribution in [-0.4, -0.2) is 82.1 Å². The van der Waals surface area contributed by atoms with Gasteiger partial charge in [-0.2, -0.15) is 0 Å². The molecular weight excluding hydrogens is 352 g/mol. The molecule has 116 valence electrons. The summed E-state index contributed by atoms with van der Waals surface area (Å²) in [4.78, 5) is 60.8. The van der Waals surface area contributed by atoms with E-state index in [-0.39, 0.29) is 73.1 Å². The molecule has 8 nitrogen and oxygen atoms in total. The van der Waals surface area contributed by atoms with E-state index in [0.717, 1.165) is 0 Å². The van der Waals surface area contributed by atoms with Gasteiger partial charge in [0.25, 0.3) is 0 Å². The van der Waals surface area contributed by atoms with Gasteiger partial charge < -0.3 is 45.8 Å². The molecule has 0 aliphatic heterocycles. The van der Waals surface area contributed by atoms with Gasteiger partial charge in [0, 0.05) is 0 Å². The number of ketones is 4. The van der Waals surface area contributed by atoms with E-state index in [9.17, 15) is 28.8 Å². The number of hydrogen-bond acceptors (Lipinski definition) is 8.